The molecule has 1 amide bonds. The standard InChI is InChI=1S/C23H27F3N2O4/c24-23(25,26)16-3-4-19(28-10-1-2-17(29)7-11-28)18(14-16)27-22(30)21-6-5-20(32-21)15-8-12-31-13-9-15/h3-6,14-15,17,29H,1-2,7-13H2,(H,27,30)/t17-/m0/s1. The number of ether oxygens (including phenoxy) is 1. The van der Waals surface area contributed by atoms with Gasteiger partial charge in [0.05, 0.1) is 23.0 Å². The van der Waals surface area contributed by atoms with E-state index in [1.54, 1.807) is 12.1 Å². The number of anilines is 2. The number of carbonyl (C=O) groups is 1. The number of amides is 1. The van der Waals surface area contributed by atoms with Crippen LogP contribution in [0.2, 0.25) is 0 Å². The van der Waals surface area contributed by atoms with E-state index in [4.69, 9.17) is 9.15 Å². The number of benzene rings is 1. The van der Waals surface area contributed by atoms with Crippen molar-refractivity contribution >= 4 is 17.3 Å². The third kappa shape index (κ3) is 5.27. The lowest BCUT2D eigenvalue weighted by atomic mass is 9.98. The summed E-state index contributed by atoms with van der Waals surface area (Å²) in [4.78, 5) is 14.8. The van der Waals surface area contributed by atoms with Gasteiger partial charge in [0, 0.05) is 32.2 Å². The molecule has 2 aliphatic heterocycles. The largest absolute Gasteiger partial charge is 0.456 e. The minimum atomic E-state index is -4.53. The van der Waals surface area contributed by atoms with E-state index in [1.807, 2.05) is 4.90 Å². The number of hydrogen-bond donors (Lipinski definition) is 2. The van der Waals surface area contributed by atoms with Crippen molar-refractivity contribution in [3.05, 3.63) is 47.4 Å². The summed E-state index contributed by atoms with van der Waals surface area (Å²) >= 11 is 0. The fourth-order valence-corrected chi connectivity index (χ4v) is 4.27. The molecule has 0 bridgehead atoms. The van der Waals surface area contributed by atoms with E-state index in [1.165, 1.54) is 6.07 Å². The molecule has 0 radical (unpaired) electrons. The van der Waals surface area contributed by atoms with Crippen LogP contribution >= 0.6 is 0 Å². The molecule has 0 spiro atoms. The summed E-state index contributed by atoms with van der Waals surface area (Å²) in [6.45, 7) is 2.33. The third-order valence-corrected chi connectivity index (χ3v) is 6.08. The van der Waals surface area contributed by atoms with Crippen molar-refractivity contribution in [1.82, 2.24) is 0 Å². The van der Waals surface area contributed by atoms with Gasteiger partial charge in [0.1, 0.15) is 5.76 Å². The molecule has 2 aromatic rings. The lowest BCUT2D eigenvalue weighted by molar-refractivity contribution is -0.137. The zero-order chi connectivity index (χ0) is 22.7. The van der Waals surface area contributed by atoms with E-state index in [-0.39, 0.29) is 17.4 Å². The highest BCUT2D eigenvalue weighted by atomic mass is 19.4. The Bertz CT molecular complexity index is 938. The highest BCUT2D eigenvalue weighted by Gasteiger charge is 2.32. The molecular weight excluding hydrogens is 425 g/mol. The first kappa shape index (κ1) is 22.7. The Morgan fingerprint density at radius 3 is 2.59 bits per heavy atom. The first-order valence-corrected chi connectivity index (χ1v) is 10.9. The monoisotopic (exact) mass is 452 g/mol. The lowest BCUT2D eigenvalue weighted by Crippen LogP contribution is -2.26. The molecule has 9 heteroatoms. The number of nitrogens with zero attached hydrogens (tertiary/aromatic N) is 1. The van der Waals surface area contributed by atoms with Crippen LogP contribution in [0.15, 0.2) is 34.7 Å². The number of furan rings is 1. The summed E-state index contributed by atoms with van der Waals surface area (Å²) in [5.41, 5.74) is -0.268. The van der Waals surface area contributed by atoms with Crippen molar-refractivity contribution in [3.63, 3.8) is 0 Å². The van der Waals surface area contributed by atoms with Gasteiger partial charge in [-0.05, 0) is 62.4 Å². The molecule has 0 aliphatic carbocycles. The molecule has 2 saturated heterocycles. The molecule has 0 unspecified atom stereocenters. The van der Waals surface area contributed by atoms with Crippen molar-refractivity contribution in [2.45, 2.75) is 50.3 Å². The van der Waals surface area contributed by atoms with E-state index in [0.29, 0.717) is 57.0 Å². The predicted molar refractivity (Wildman–Crippen MR) is 113 cm³/mol. The second-order valence-electron chi connectivity index (χ2n) is 8.34. The van der Waals surface area contributed by atoms with Crippen LogP contribution in [-0.4, -0.2) is 43.4 Å². The molecule has 1 aromatic heterocycles. The molecule has 1 aromatic carbocycles. The first-order chi connectivity index (χ1) is 15.3. The fourth-order valence-electron chi connectivity index (χ4n) is 4.27. The molecule has 2 aliphatic rings. The molecular formula is C23H27F3N2O4. The van der Waals surface area contributed by atoms with Crippen LogP contribution in [0, 0.1) is 0 Å². The SMILES string of the molecule is O=C(Nc1cc(C(F)(F)F)ccc1N1CCC[C@H](O)CC1)c1ccc(C2CCOCC2)o1. The van der Waals surface area contributed by atoms with Crippen LogP contribution in [0.3, 0.4) is 0 Å². The second kappa shape index (κ2) is 9.54. The van der Waals surface area contributed by atoms with Crippen molar-refractivity contribution in [2.75, 3.05) is 36.5 Å². The van der Waals surface area contributed by atoms with Gasteiger partial charge in [-0.1, -0.05) is 0 Å². The van der Waals surface area contributed by atoms with Crippen molar-refractivity contribution in [1.29, 1.82) is 0 Å². The van der Waals surface area contributed by atoms with Crippen molar-refractivity contribution in [2.24, 2.45) is 0 Å². The zero-order valence-electron chi connectivity index (χ0n) is 17.7. The Kier molecular flexibility index (Phi) is 6.76. The van der Waals surface area contributed by atoms with E-state index in [0.717, 1.165) is 25.0 Å². The maximum absolute atomic E-state index is 13.3. The van der Waals surface area contributed by atoms with Gasteiger partial charge >= 0.3 is 6.18 Å². The number of rotatable bonds is 4. The van der Waals surface area contributed by atoms with Crippen LogP contribution in [0.25, 0.3) is 0 Å². The smallest absolute Gasteiger partial charge is 0.416 e. The number of halogens is 3. The minimum absolute atomic E-state index is 0.0566. The Labute approximate surface area is 184 Å². The number of nitrogens with one attached hydrogen (secondary N) is 1. The zero-order valence-corrected chi connectivity index (χ0v) is 17.7. The molecule has 3 heterocycles. The summed E-state index contributed by atoms with van der Waals surface area (Å²) in [5, 5.41) is 12.5. The highest BCUT2D eigenvalue weighted by Crippen LogP contribution is 2.37. The number of hydrogen-bond acceptors (Lipinski definition) is 5. The van der Waals surface area contributed by atoms with Crippen molar-refractivity contribution in [3.8, 4) is 0 Å². The quantitative estimate of drug-likeness (QED) is 0.697. The first-order valence-electron chi connectivity index (χ1n) is 10.9. The summed E-state index contributed by atoms with van der Waals surface area (Å²) in [5.74, 6) is 0.307. The average molecular weight is 452 g/mol. The topological polar surface area (TPSA) is 74.9 Å². The second-order valence-corrected chi connectivity index (χ2v) is 8.34. The van der Waals surface area contributed by atoms with Gasteiger partial charge in [-0.2, -0.15) is 13.2 Å². The molecule has 0 saturated carbocycles. The summed E-state index contributed by atoms with van der Waals surface area (Å²) in [6, 6.07) is 6.65. The summed E-state index contributed by atoms with van der Waals surface area (Å²) in [6.07, 6.45) is -1.50. The maximum Gasteiger partial charge on any atom is 0.416 e. The van der Waals surface area contributed by atoms with Gasteiger partial charge in [0.2, 0.25) is 0 Å². The molecule has 1 atom stereocenters. The lowest BCUT2D eigenvalue weighted by Gasteiger charge is -2.26. The normalized spacial score (nSPS) is 20.8. The van der Waals surface area contributed by atoms with Crippen LogP contribution in [-0.2, 0) is 10.9 Å². The molecule has 6 nitrogen and oxygen atoms in total. The average Bonchev–Trinajstić information content (AvgIpc) is 3.17. The fraction of sp³-hybridized carbons (Fsp3) is 0.522. The minimum Gasteiger partial charge on any atom is -0.456 e. The van der Waals surface area contributed by atoms with Crippen molar-refractivity contribution < 1.29 is 32.2 Å². The molecule has 32 heavy (non-hydrogen) atoms. The Morgan fingerprint density at radius 1 is 1.06 bits per heavy atom. The molecule has 4 rings (SSSR count). The summed E-state index contributed by atoms with van der Waals surface area (Å²) < 4.78 is 51.1. The maximum atomic E-state index is 13.3. The van der Waals surface area contributed by atoms with Gasteiger partial charge in [-0.3, -0.25) is 4.79 Å². The molecule has 2 N–H and O–H groups in total. The van der Waals surface area contributed by atoms with E-state index in [2.05, 4.69) is 5.32 Å². The van der Waals surface area contributed by atoms with Crippen LogP contribution < -0.4 is 10.2 Å². The summed E-state index contributed by atoms with van der Waals surface area (Å²) in [7, 11) is 0. The van der Waals surface area contributed by atoms with E-state index in [9.17, 15) is 23.1 Å². The molecule has 174 valence electrons. The molecule has 2 fully saturated rings. The predicted octanol–water partition coefficient (Wildman–Crippen LogP) is 4.80. The number of aliphatic hydroxyl groups is 1. The van der Waals surface area contributed by atoms with Gasteiger partial charge in [0.15, 0.2) is 5.76 Å². The number of aliphatic hydroxyl groups excluding tert-OH is 1. The Morgan fingerprint density at radius 2 is 1.84 bits per heavy atom. The Hall–Kier alpha value is -2.52. The number of alkyl halides is 3. The van der Waals surface area contributed by atoms with E-state index >= 15 is 0 Å². The number of carbonyl (C=O) groups excluding carboxylic acids is 1. The highest BCUT2D eigenvalue weighted by molar-refractivity contribution is 6.04. The van der Waals surface area contributed by atoms with Crippen LogP contribution in [0.5, 0.6) is 0 Å². The van der Waals surface area contributed by atoms with Crippen LogP contribution in [0.1, 0.15) is 59.9 Å². The van der Waals surface area contributed by atoms with Gasteiger partial charge in [-0.25, -0.2) is 0 Å². The third-order valence-electron chi connectivity index (χ3n) is 6.08. The van der Waals surface area contributed by atoms with Gasteiger partial charge in [-0.15, -0.1) is 0 Å². The van der Waals surface area contributed by atoms with Crippen LogP contribution in [0.4, 0.5) is 24.5 Å². The van der Waals surface area contributed by atoms with Gasteiger partial charge < -0.3 is 24.5 Å². The Balaban J connectivity index is 1.58. The van der Waals surface area contributed by atoms with E-state index < -0.39 is 23.8 Å². The van der Waals surface area contributed by atoms with Gasteiger partial charge in [0.25, 0.3) is 5.91 Å².